The van der Waals surface area contributed by atoms with E-state index in [1.54, 1.807) is 30.5 Å². The smallest absolute Gasteiger partial charge is 0.256 e. The zero-order valence-corrected chi connectivity index (χ0v) is 12.5. The maximum absolute atomic E-state index is 12.0. The number of rotatable bonds is 4. The molecule has 1 N–H and O–H groups in total. The minimum Gasteiger partial charge on any atom is -0.494 e. The molecule has 0 aliphatic rings. The van der Waals surface area contributed by atoms with E-state index in [0.29, 0.717) is 23.7 Å². The summed E-state index contributed by atoms with van der Waals surface area (Å²) in [5.74, 6) is 1.02. The summed E-state index contributed by atoms with van der Waals surface area (Å²) in [6, 6.07) is 10.7. The van der Waals surface area contributed by atoms with Gasteiger partial charge in [0.25, 0.3) is 5.91 Å². The van der Waals surface area contributed by atoms with Gasteiger partial charge in [-0.1, -0.05) is 6.07 Å². The molecule has 0 aliphatic carbocycles. The van der Waals surface area contributed by atoms with Crippen LogP contribution < -0.4 is 10.1 Å². The average molecular weight is 368 g/mol. The minimum absolute atomic E-state index is 0.199. The number of aromatic nitrogens is 1. The van der Waals surface area contributed by atoms with E-state index in [1.165, 1.54) is 0 Å². The van der Waals surface area contributed by atoms with Gasteiger partial charge in [-0.2, -0.15) is 0 Å². The van der Waals surface area contributed by atoms with Gasteiger partial charge in [0.15, 0.2) is 0 Å². The molecule has 0 atom stereocenters. The van der Waals surface area contributed by atoms with E-state index in [4.69, 9.17) is 4.74 Å². The van der Waals surface area contributed by atoms with Crippen molar-refractivity contribution in [2.45, 2.75) is 6.92 Å². The molecule has 0 radical (unpaired) electrons. The van der Waals surface area contributed by atoms with Crippen LogP contribution in [0, 0.1) is 3.57 Å². The van der Waals surface area contributed by atoms with Gasteiger partial charge in [-0.15, -0.1) is 0 Å². The van der Waals surface area contributed by atoms with Gasteiger partial charge in [0, 0.05) is 15.3 Å². The van der Waals surface area contributed by atoms with Crippen molar-refractivity contribution in [3.8, 4) is 5.75 Å². The molecule has 5 heteroatoms. The van der Waals surface area contributed by atoms with Crippen LogP contribution in [0.2, 0.25) is 0 Å². The fourth-order valence-corrected chi connectivity index (χ4v) is 1.85. The number of hydrogen-bond acceptors (Lipinski definition) is 3. The Kier molecular flexibility index (Phi) is 4.73. The maximum atomic E-state index is 12.0. The number of carbonyl (C=O) groups is 1. The second-order valence-electron chi connectivity index (χ2n) is 3.78. The van der Waals surface area contributed by atoms with Crippen molar-refractivity contribution in [2.75, 3.05) is 11.9 Å². The van der Waals surface area contributed by atoms with E-state index in [0.717, 1.165) is 3.57 Å². The lowest BCUT2D eigenvalue weighted by Gasteiger charge is -2.07. The molecule has 2 aromatic rings. The Labute approximate surface area is 125 Å². The third kappa shape index (κ3) is 3.92. The van der Waals surface area contributed by atoms with Crippen LogP contribution in [-0.4, -0.2) is 17.5 Å². The summed E-state index contributed by atoms with van der Waals surface area (Å²) >= 11 is 2.16. The fraction of sp³-hybridized carbons (Fsp3) is 0.143. The molecule has 98 valence electrons. The Bertz CT molecular complexity index is 570. The van der Waals surface area contributed by atoms with Gasteiger partial charge in [0.1, 0.15) is 11.6 Å². The average Bonchev–Trinajstić information content (AvgIpc) is 2.42. The van der Waals surface area contributed by atoms with E-state index in [1.807, 2.05) is 19.1 Å². The number of anilines is 1. The summed E-state index contributed by atoms with van der Waals surface area (Å²) in [6.07, 6.45) is 1.70. The summed E-state index contributed by atoms with van der Waals surface area (Å²) in [5.41, 5.74) is 0.548. The number of nitrogens with zero attached hydrogens (tertiary/aromatic N) is 1. The van der Waals surface area contributed by atoms with Crippen LogP contribution in [0.4, 0.5) is 5.82 Å². The molecule has 1 aromatic carbocycles. The fourth-order valence-electron chi connectivity index (χ4n) is 1.53. The zero-order valence-electron chi connectivity index (χ0n) is 10.4. The Morgan fingerprint density at radius 1 is 1.37 bits per heavy atom. The van der Waals surface area contributed by atoms with Crippen molar-refractivity contribution in [1.82, 2.24) is 4.98 Å². The first-order valence-corrected chi connectivity index (χ1v) is 6.92. The van der Waals surface area contributed by atoms with Crippen molar-refractivity contribution in [3.63, 3.8) is 0 Å². The molecule has 0 saturated carbocycles. The third-order valence-corrected chi connectivity index (χ3v) is 3.01. The lowest BCUT2D eigenvalue weighted by Crippen LogP contribution is -2.13. The number of halogens is 1. The predicted molar refractivity (Wildman–Crippen MR) is 82.5 cm³/mol. The Morgan fingerprint density at radius 2 is 2.21 bits per heavy atom. The Morgan fingerprint density at radius 3 is 2.89 bits per heavy atom. The molecule has 4 nitrogen and oxygen atoms in total. The van der Waals surface area contributed by atoms with Gasteiger partial charge in [-0.05, 0) is 59.8 Å². The van der Waals surface area contributed by atoms with E-state index in [2.05, 4.69) is 32.9 Å². The van der Waals surface area contributed by atoms with Crippen molar-refractivity contribution in [1.29, 1.82) is 0 Å². The van der Waals surface area contributed by atoms with Crippen molar-refractivity contribution in [2.24, 2.45) is 0 Å². The first-order valence-electron chi connectivity index (χ1n) is 5.85. The number of ether oxygens (including phenoxy) is 1. The predicted octanol–water partition coefficient (Wildman–Crippen LogP) is 3.34. The topological polar surface area (TPSA) is 51.2 Å². The molecule has 1 heterocycles. The molecule has 1 aromatic heterocycles. The van der Waals surface area contributed by atoms with Crippen LogP contribution in [0.3, 0.4) is 0 Å². The molecular weight excluding hydrogens is 355 g/mol. The molecule has 0 saturated heterocycles. The zero-order chi connectivity index (χ0) is 13.7. The normalized spacial score (nSPS) is 10.0. The summed E-state index contributed by atoms with van der Waals surface area (Å²) in [6.45, 7) is 2.48. The molecule has 0 fully saturated rings. The molecule has 19 heavy (non-hydrogen) atoms. The van der Waals surface area contributed by atoms with Gasteiger partial charge < -0.3 is 10.1 Å². The molecule has 2 rings (SSSR count). The monoisotopic (exact) mass is 368 g/mol. The van der Waals surface area contributed by atoms with E-state index in [9.17, 15) is 4.79 Å². The number of hydrogen-bond donors (Lipinski definition) is 1. The molecular formula is C14H13IN2O2. The number of carbonyl (C=O) groups excluding carboxylic acids is 1. The summed E-state index contributed by atoms with van der Waals surface area (Å²) in [7, 11) is 0. The van der Waals surface area contributed by atoms with E-state index >= 15 is 0 Å². The summed E-state index contributed by atoms with van der Waals surface area (Å²) in [4.78, 5) is 16.2. The lowest BCUT2D eigenvalue weighted by atomic mass is 10.2. The first-order chi connectivity index (χ1) is 9.19. The quantitative estimate of drug-likeness (QED) is 0.843. The highest BCUT2D eigenvalue weighted by molar-refractivity contribution is 14.1. The van der Waals surface area contributed by atoms with Crippen LogP contribution >= 0.6 is 22.6 Å². The molecule has 1 amide bonds. The van der Waals surface area contributed by atoms with Crippen LogP contribution in [-0.2, 0) is 0 Å². The maximum Gasteiger partial charge on any atom is 0.256 e. The van der Waals surface area contributed by atoms with Gasteiger partial charge in [-0.3, -0.25) is 4.79 Å². The van der Waals surface area contributed by atoms with Crippen LogP contribution in [0.15, 0.2) is 42.6 Å². The number of amides is 1. The van der Waals surface area contributed by atoms with E-state index < -0.39 is 0 Å². The van der Waals surface area contributed by atoms with Gasteiger partial charge >= 0.3 is 0 Å². The number of benzene rings is 1. The number of pyridine rings is 1. The van der Waals surface area contributed by atoms with Gasteiger partial charge in [0.05, 0.1) is 6.61 Å². The highest BCUT2D eigenvalue weighted by atomic mass is 127. The van der Waals surface area contributed by atoms with Crippen LogP contribution in [0.25, 0.3) is 0 Å². The van der Waals surface area contributed by atoms with Crippen LogP contribution in [0.5, 0.6) is 5.75 Å². The van der Waals surface area contributed by atoms with Gasteiger partial charge in [0.2, 0.25) is 0 Å². The Hall–Kier alpha value is -1.63. The second kappa shape index (κ2) is 6.51. The number of nitrogens with one attached hydrogen (secondary N) is 1. The Balaban J connectivity index is 2.11. The highest BCUT2D eigenvalue weighted by Gasteiger charge is 2.07. The summed E-state index contributed by atoms with van der Waals surface area (Å²) < 4.78 is 6.39. The summed E-state index contributed by atoms with van der Waals surface area (Å²) in [5, 5.41) is 2.75. The molecule has 0 bridgehead atoms. The molecule has 0 aliphatic heterocycles. The lowest BCUT2D eigenvalue weighted by molar-refractivity contribution is 0.102. The SMILES string of the molecule is CCOc1cccc(C(=O)Nc2ccc(I)cn2)c1. The largest absolute Gasteiger partial charge is 0.494 e. The first kappa shape index (κ1) is 13.8. The minimum atomic E-state index is -0.199. The molecule has 0 spiro atoms. The highest BCUT2D eigenvalue weighted by Crippen LogP contribution is 2.15. The second-order valence-corrected chi connectivity index (χ2v) is 5.02. The van der Waals surface area contributed by atoms with Crippen molar-refractivity contribution < 1.29 is 9.53 Å². The van der Waals surface area contributed by atoms with Crippen molar-refractivity contribution >= 4 is 34.3 Å². The van der Waals surface area contributed by atoms with Crippen LogP contribution in [0.1, 0.15) is 17.3 Å². The third-order valence-electron chi connectivity index (χ3n) is 2.38. The van der Waals surface area contributed by atoms with Gasteiger partial charge in [-0.25, -0.2) is 4.98 Å². The van der Waals surface area contributed by atoms with Crippen molar-refractivity contribution in [3.05, 3.63) is 51.7 Å². The standard InChI is InChI=1S/C14H13IN2O2/c1-2-19-12-5-3-4-10(8-12)14(18)17-13-7-6-11(15)9-16-13/h3-9H,2H2,1H3,(H,16,17,18). The van der Waals surface area contributed by atoms with E-state index in [-0.39, 0.29) is 5.91 Å². The molecule has 0 unspecified atom stereocenters.